The van der Waals surface area contributed by atoms with Crippen LogP contribution in [-0.4, -0.2) is 67.1 Å². The summed E-state index contributed by atoms with van der Waals surface area (Å²) in [6.07, 6.45) is 5.88. The van der Waals surface area contributed by atoms with Crippen molar-refractivity contribution in [3.8, 4) is 22.6 Å². The number of nitrogens with one attached hydrogen (secondary N) is 2. The number of aryl methyl sites for hydroxylation is 1. The number of rotatable bonds is 14. The SMILES string of the molecule is COc1cc(C(=O)Nc2cccc(-c3cccc(CC(=O)c4cc(OC)c(CN[C@H]5CCOC5=O)cn4)c3C)c2C)ncc1CC[C@H]1CCOC1=O. The second kappa shape index (κ2) is 16.2. The molecule has 2 aromatic carbocycles. The van der Waals surface area contributed by atoms with Crippen LogP contribution in [-0.2, 0) is 38.4 Å². The maximum absolute atomic E-state index is 13.5. The number of amides is 1. The fourth-order valence-electron chi connectivity index (χ4n) is 6.63. The van der Waals surface area contributed by atoms with Gasteiger partial charge in [0.2, 0.25) is 0 Å². The number of hydrogen-bond donors (Lipinski definition) is 2. The maximum atomic E-state index is 13.5. The summed E-state index contributed by atoms with van der Waals surface area (Å²) in [5.74, 6) is -0.0760. The molecule has 2 aromatic heterocycles. The van der Waals surface area contributed by atoms with Gasteiger partial charge in [0.15, 0.2) is 5.78 Å². The van der Waals surface area contributed by atoms with E-state index < -0.39 is 0 Å². The Morgan fingerprint density at radius 2 is 1.46 bits per heavy atom. The first-order valence-electron chi connectivity index (χ1n) is 17.3. The van der Waals surface area contributed by atoms with Crippen LogP contribution in [0.2, 0.25) is 0 Å². The third-order valence-electron chi connectivity index (χ3n) is 9.80. The van der Waals surface area contributed by atoms with Crippen LogP contribution in [0, 0.1) is 19.8 Å². The molecule has 12 heteroatoms. The van der Waals surface area contributed by atoms with E-state index in [1.54, 1.807) is 31.6 Å². The van der Waals surface area contributed by atoms with Crippen molar-refractivity contribution < 1.29 is 38.1 Å². The first-order chi connectivity index (χ1) is 25.2. The normalized spacial score (nSPS) is 16.7. The molecular weight excluding hydrogens is 664 g/mol. The summed E-state index contributed by atoms with van der Waals surface area (Å²) in [6.45, 7) is 5.12. The number of Topliss-reactive ketones (excluding diaryl/α,β-unsaturated/α-hetero) is 1. The van der Waals surface area contributed by atoms with Crippen molar-refractivity contribution in [2.45, 2.75) is 58.5 Å². The molecule has 4 aromatic rings. The standard InChI is InChI=1S/C40H42N4O8/c1-23-26(17-35(45)33-18-37(50-4)28(22-42-33)21-41-32-14-16-52-40(32)48)7-5-8-29(23)30-9-6-10-31(24(30)2)44-38(46)34-19-36(49-3)27(20-43-34)12-11-25-13-15-51-39(25)47/h5-10,18-20,22,25,32,41H,11-17,21H2,1-4H3,(H,44,46)/t25-,32-/m0/s1. The van der Waals surface area contributed by atoms with Gasteiger partial charge in [-0.3, -0.25) is 34.5 Å². The second-order valence-electron chi connectivity index (χ2n) is 13.0. The van der Waals surface area contributed by atoms with Crippen LogP contribution in [0.1, 0.15) is 68.1 Å². The molecule has 2 fully saturated rings. The van der Waals surface area contributed by atoms with Crippen LogP contribution in [0.15, 0.2) is 60.9 Å². The van der Waals surface area contributed by atoms with Crippen LogP contribution in [0.4, 0.5) is 5.69 Å². The van der Waals surface area contributed by atoms with E-state index in [1.807, 2.05) is 50.2 Å². The van der Waals surface area contributed by atoms with Gasteiger partial charge in [-0.1, -0.05) is 30.3 Å². The first kappa shape index (κ1) is 36.2. The number of ketones is 1. The van der Waals surface area contributed by atoms with Gasteiger partial charge in [-0.25, -0.2) is 0 Å². The van der Waals surface area contributed by atoms with Crippen LogP contribution < -0.4 is 20.1 Å². The molecule has 0 radical (unpaired) electrons. The van der Waals surface area contributed by atoms with E-state index in [-0.39, 0.29) is 53.4 Å². The number of hydrogen-bond acceptors (Lipinski definition) is 11. The van der Waals surface area contributed by atoms with E-state index in [4.69, 9.17) is 18.9 Å². The molecular formula is C40H42N4O8. The lowest BCUT2D eigenvalue weighted by atomic mass is 9.91. The lowest BCUT2D eigenvalue weighted by Gasteiger charge is -2.17. The summed E-state index contributed by atoms with van der Waals surface area (Å²) < 4.78 is 21.2. The van der Waals surface area contributed by atoms with Gasteiger partial charge in [-0.2, -0.15) is 0 Å². The molecule has 2 saturated heterocycles. The molecule has 0 aliphatic carbocycles. The monoisotopic (exact) mass is 706 g/mol. The van der Waals surface area contributed by atoms with Gasteiger partial charge in [0.1, 0.15) is 28.9 Å². The van der Waals surface area contributed by atoms with Gasteiger partial charge >= 0.3 is 11.9 Å². The number of carbonyl (C=O) groups excluding carboxylic acids is 4. The van der Waals surface area contributed by atoms with Crippen molar-refractivity contribution in [1.29, 1.82) is 0 Å². The Labute approximate surface area is 302 Å². The molecule has 0 spiro atoms. The molecule has 0 bridgehead atoms. The third-order valence-corrected chi connectivity index (χ3v) is 9.80. The topological polar surface area (TPSA) is 155 Å². The van der Waals surface area contributed by atoms with E-state index >= 15 is 0 Å². The molecule has 4 heterocycles. The van der Waals surface area contributed by atoms with Gasteiger partial charge < -0.3 is 24.3 Å². The fraction of sp³-hybridized carbons (Fsp3) is 0.350. The lowest BCUT2D eigenvalue weighted by Crippen LogP contribution is -2.32. The van der Waals surface area contributed by atoms with Crippen molar-refractivity contribution >= 4 is 29.3 Å². The number of anilines is 1. The Bertz CT molecular complexity index is 1870. The second-order valence-corrected chi connectivity index (χ2v) is 13.0. The molecule has 270 valence electrons. The summed E-state index contributed by atoms with van der Waals surface area (Å²) in [7, 11) is 3.08. The van der Waals surface area contributed by atoms with Gasteiger partial charge in [-0.05, 0) is 67.0 Å². The summed E-state index contributed by atoms with van der Waals surface area (Å²) >= 11 is 0. The molecule has 52 heavy (non-hydrogen) atoms. The quantitative estimate of drug-likeness (QED) is 0.129. The molecule has 0 unspecified atom stereocenters. The minimum atomic E-state index is -0.383. The third kappa shape index (κ3) is 7.97. The predicted molar refractivity (Wildman–Crippen MR) is 193 cm³/mol. The number of ether oxygens (including phenoxy) is 4. The molecule has 2 N–H and O–H groups in total. The maximum Gasteiger partial charge on any atom is 0.323 e. The highest BCUT2D eigenvalue weighted by Gasteiger charge is 2.27. The van der Waals surface area contributed by atoms with Gasteiger partial charge in [-0.15, -0.1) is 0 Å². The summed E-state index contributed by atoms with van der Waals surface area (Å²) in [5, 5.41) is 6.16. The van der Waals surface area contributed by atoms with Crippen LogP contribution in [0.3, 0.4) is 0 Å². The van der Waals surface area contributed by atoms with Crippen molar-refractivity contribution in [2.24, 2.45) is 5.92 Å². The molecule has 0 saturated carbocycles. The van der Waals surface area contributed by atoms with Crippen molar-refractivity contribution in [2.75, 3.05) is 32.8 Å². The zero-order chi connectivity index (χ0) is 36.8. The number of nitrogens with zero attached hydrogens (tertiary/aromatic N) is 2. The highest BCUT2D eigenvalue weighted by Crippen LogP contribution is 2.33. The Kier molecular flexibility index (Phi) is 11.2. The average Bonchev–Trinajstić information content (AvgIpc) is 3.77. The Morgan fingerprint density at radius 3 is 2.17 bits per heavy atom. The highest BCUT2D eigenvalue weighted by atomic mass is 16.5. The van der Waals surface area contributed by atoms with E-state index in [9.17, 15) is 19.2 Å². The zero-order valence-corrected chi connectivity index (χ0v) is 29.7. The van der Waals surface area contributed by atoms with Crippen LogP contribution >= 0.6 is 0 Å². The molecule has 12 nitrogen and oxygen atoms in total. The van der Waals surface area contributed by atoms with Gasteiger partial charge in [0.05, 0.1) is 33.4 Å². The van der Waals surface area contributed by atoms with Crippen LogP contribution in [0.25, 0.3) is 11.1 Å². The Morgan fingerprint density at radius 1 is 0.808 bits per heavy atom. The number of cyclic esters (lactones) is 2. The fourth-order valence-corrected chi connectivity index (χ4v) is 6.63. The smallest absolute Gasteiger partial charge is 0.323 e. The Balaban J connectivity index is 1.14. The highest BCUT2D eigenvalue weighted by molar-refractivity contribution is 6.04. The minimum absolute atomic E-state index is 0.130. The van der Waals surface area contributed by atoms with E-state index in [1.165, 1.54) is 7.11 Å². The number of aromatic nitrogens is 2. The van der Waals surface area contributed by atoms with Crippen molar-refractivity contribution in [1.82, 2.24) is 15.3 Å². The minimum Gasteiger partial charge on any atom is -0.496 e. The average molecular weight is 707 g/mol. The largest absolute Gasteiger partial charge is 0.496 e. The number of esters is 2. The van der Waals surface area contributed by atoms with Gasteiger partial charge in [0.25, 0.3) is 5.91 Å². The number of carbonyl (C=O) groups is 4. The molecule has 2 aliphatic heterocycles. The summed E-state index contributed by atoms with van der Waals surface area (Å²) in [6, 6.07) is 14.4. The number of benzene rings is 2. The summed E-state index contributed by atoms with van der Waals surface area (Å²) in [5.41, 5.74) is 7.16. The molecule has 2 atom stereocenters. The van der Waals surface area contributed by atoms with Crippen molar-refractivity contribution in [3.63, 3.8) is 0 Å². The van der Waals surface area contributed by atoms with E-state index in [0.29, 0.717) is 62.6 Å². The predicted octanol–water partition coefficient (Wildman–Crippen LogP) is 5.36. The molecule has 2 aliphatic rings. The number of pyridine rings is 2. The molecule has 6 rings (SSSR count). The molecule has 1 amide bonds. The van der Waals surface area contributed by atoms with Gasteiger partial charge in [0, 0.05) is 60.7 Å². The van der Waals surface area contributed by atoms with E-state index in [2.05, 4.69) is 20.6 Å². The number of methoxy groups -OCH3 is 2. The van der Waals surface area contributed by atoms with Crippen molar-refractivity contribution in [3.05, 3.63) is 100 Å². The Hall–Kier alpha value is -5.62. The van der Waals surface area contributed by atoms with Crippen LogP contribution in [0.5, 0.6) is 11.5 Å². The van der Waals surface area contributed by atoms with E-state index in [0.717, 1.165) is 38.9 Å². The first-order valence-corrected chi connectivity index (χ1v) is 17.3. The zero-order valence-electron chi connectivity index (χ0n) is 29.7. The summed E-state index contributed by atoms with van der Waals surface area (Å²) in [4.78, 5) is 59.4. The lowest BCUT2D eigenvalue weighted by molar-refractivity contribution is -0.141.